The van der Waals surface area contributed by atoms with Crippen LogP contribution in [-0.4, -0.2) is 44.0 Å². The van der Waals surface area contributed by atoms with Crippen molar-refractivity contribution in [1.82, 2.24) is 25.0 Å². The highest BCUT2D eigenvalue weighted by Crippen LogP contribution is 2.33. The Hall–Kier alpha value is -3.03. The van der Waals surface area contributed by atoms with Crippen molar-refractivity contribution in [2.75, 3.05) is 13.1 Å². The van der Waals surface area contributed by atoms with Gasteiger partial charge in [0.1, 0.15) is 11.5 Å². The van der Waals surface area contributed by atoms with E-state index in [0.29, 0.717) is 30.6 Å². The number of fused-ring (bicyclic) bond motifs is 1. The van der Waals surface area contributed by atoms with Crippen LogP contribution in [0.15, 0.2) is 27.4 Å². The number of hydrogen-bond acceptors (Lipinski definition) is 7. The molecule has 3 aromatic heterocycles. The molecule has 3 aromatic rings. The summed E-state index contributed by atoms with van der Waals surface area (Å²) in [5.74, 6) is 3.15. The van der Waals surface area contributed by atoms with Crippen molar-refractivity contribution in [2.45, 2.75) is 44.9 Å². The van der Waals surface area contributed by atoms with Crippen molar-refractivity contribution in [3.8, 4) is 11.6 Å². The zero-order chi connectivity index (χ0) is 19.1. The van der Waals surface area contributed by atoms with Crippen molar-refractivity contribution in [3.05, 3.63) is 47.0 Å². The van der Waals surface area contributed by atoms with Crippen molar-refractivity contribution < 1.29 is 13.7 Å². The molecule has 1 saturated heterocycles. The first-order valence-electron chi connectivity index (χ1n) is 9.72. The highest BCUT2D eigenvalue weighted by molar-refractivity contribution is 5.97. The van der Waals surface area contributed by atoms with Crippen LogP contribution >= 0.6 is 0 Å². The highest BCUT2D eigenvalue weighted by atomic mass is 16.5. The lowest BCUT2D eigenvalue weighted by Gasteiger charge is -2.17. The maximum Gasteiger partial charge on any atom is 0.257 e. The van der Waals surface area contributed by atoms with Crippen LogP contribution < -0.4 is 0 Å². The number of amides is 1. The van der Waals surface area contributed by atoms with Gasteiger partial charge in [-0.3, -0.25) is 4.79 Å². The molecule has 5 rings (SSSR count). The Balaban J connectivity index is 1.33. The van der Waals surface area contributed by atoms with E-state index < -0.39 is 0 Å². The molecule has 0 spiro atoms. The number of furan rings is 1. The van der Waals surface area contributed by atoms with Crippen LogP contribution in [0.4, 0.5) is 0 Å². The SMILES string of the molecule is Cc1oc2c(c1C(=O)N1CCC(c3nc(-c4ncccn4)no3)C1)CCCC2. The standard InChI is InChI=1S/C20H21N5O3/c1-12-16(14-5-2-3-6-15(14)27-12)20(26)25-10-7-13(11-25)19-23-18(24-28-19)17-21-8-4-9-22-17/h4,8-9,13H,2-3,5-7,10-11H2,1H3. The quantitative estimate of drug-likeness (QED) is 0.690. The minimum Gasteiger partial charge on any atom is -0.465 e. The molecule has 8 nitrogen and oxygen atoms in total. The Kier molecular flexibility index (Phi) is 4.18. The van der Waals surface area contributed by atoms with Crippen molar-refractivity contribution in [2.24, 2.45) is 0 Å². The molecule has 0 radical (unpaired) electrons. The molecule has 2 aliphatic rings. The van der Waals surface area contributed by atoms with E-state index in [1.54, 1.807) is 18.5 Å². The Morgan fingerprint density at radius 3 is 2.86 bits per heavy atom. The van der Waals surface area contributed by atoms with Gasteiger partial charge in [0, 0.05) is 37.5 Å². The van der Waals surface area contributed by atoms with Crippen molar-refractivity contribution >= 4 is 5.91 Å². The van der Waals surface area contributed by atoms with Gasteiger partial charge in [0.05, 0.1) is 11.5 Å². The lowest BCUT2D eigenvalue weighted by molar-refractivity contribution is 0.0787. The average molecular weight is 379 g/mol. The van der Waals surface area contributed by atoms with Gasteiger partial charge in [-0.05, 0) is 38.7 Å². The number of hydrogen-bond donors (Lipinski definition) is 0. The fraction of sp³-hybridized carbons (Fsp3) is 0.450. The van der Waals surface area contributed by atoms with Crippen LogP contribution in [-0.2, 0) is 12.8 Å². The van der Waals surface area contributed by atoms with E-state index >= 15 is 0 Å². The van der Waals surface area contributed by atoms with Gasteiger partial charge in [-0.2, -0.15) is 4.98 Å². The van der Waals surface area contributed by atoms with Crippen LogP contribution in [0.3, 0.4) is 0 Å². The predicted octanol–water partition coefficient (Wildman–Crippen LogP) is 2.94. The third-order valence-electron chi connectivity index (χ3n) is 5.59. The minimum atomic E-state index is 0.0249. The fourth-order valence-electron chi connectivity index (χ4n) is 4.19. The van der Waals surface area contributed by atoms with E-state index in [1.165, 1.54) is 0 Å². The number of aryl methyl sites for hydroxylation is 2. The number of carbonyl (C=O) groups excluding carboxylic acids is 1. The molecule has 28 heavy (non-hydrogen) atoms. The van der Waals surface area contributed by atoms with Crippen LogP contribution in [0.25, 0.3) is 11.6 Å². The summed E-state index contributed by atoms with van der Waals surface area (Å²) in [6, 6.07) is 1.74. The molecule has 1 amide bonds. The second-order valence-corrected chi connectivity index (χ2v) is 7.41. The van der Waals surface area contributed by atoms with E-state index in [9.17, 15) is 4.79 Å². The van der Waals surface area contributed by atoms with E-state index in [1.807, 2.05) is 11.8 Å². The Morgan fingerprint density at radius 1 is 1.18 bits per heavy atom. The van der Waals surface area contributed by atoms with Crippen LogP contribution in [0.2, 0.25) is 0 Å². The number of likely N-dealkylation sites (tertiary alicyclic amines) is 1. The molecular formula is C20H21N5O3. The molecule has 1 atom stereocenters. The molecule has 1 unspecified atom stereocenters. The van der Waals surface area contributed by atoms with Gasteiger partial charge in [-0.15, -0.1) is 0 Å². The molecule has 0 saturated carbocycles. The summed E-state index contributed by atoms with van der Waals surface area (Å²) in [5, 5.41) is 3.99. The smallest absolute Gasteiger partial charge is 0.257 e. The molecule has 1 aliphatic heterocycles. The van der Waals surface area contributed by atoms with Crippen molar-refractivity contribution in [3.63, 3.8) is 0 Å². The highest BCUT2D eigenvalue weighted by Gasteiger charge is 2.35. The van der Waals surface area contributed by atoms with Gasteiger partial charge < -0.3 is 13.8 Å². The minimum absolute atomic E-state index is 0.0249. The summed E-state index contributed by atoms with van der Waals surface area (Å²) in [5.41, 5.74) is 1.87. The van der Waals surface area contributed by atoms with E-state index in [2.05, 4.69) is 20.1 Å². The second kappa shape index (κ2) is 6.85. The van der Waals surface area contributed by atoms with Crippen molar-refractivity contribution in [1.29, 1.82) is 0 Å². The molecule has 1 fully saturated rings. The summed E-state index contributed by atoms with van der Waals surface area (Å²) < 4.78 is 11.3. The predicted molar refractivity (Wildman–Crippen MR) is 98.7 cm³/mol. The lowest BCUT2D eigenvalue weighted by Crippen LogP contribution is -2.29. The molecule has 0 bridgehead atoms. The molecule has 8 heteroatoms. The summed E-state index contributed by atoms with van der Waals surface area (Å²) in [6.07, 6.45) is 8.17. The fourth-order valence-corrected chi connectivity index (χ4v) is 4.19. The van der Waals surface area contributed by atoms with Gasteiger partial charge in [0.15, 0.2) is 0 Å². The second-order valence-electron chi connectivity index (χ2n) is 7.41. The third kappa shape index (κ3) is 2.89. The third-order valence-corrected chi connectivity index (χ3v) is 5.59. The molecule has 144 valence electrons. The normalized spacial score (nSPS) is 19.0. The Morgan fingerprint density at radius 2 is 2.00 bits per heavy atom. The molecule has 4 heterocycles. The topological polar surface area (TPSA) is 98.2 Å². The summed E-state index contributed by atoms with van der Waals surface area (Å²) in [6.45, 7) is 3.13. The molecular weight excluding hydrogens is 358 g/mol. The zero-order valence-electron chi connectivity index (χ0n) is 15.7. The van der Waals surface area contributed by atoms with Gasteiger partial charge in [0.25, 0.3) is 5.91 Å². The average Bonchev–Trinajstić information content (AvgIpc) is 3.45. The number of rotatable bonds is 3. The monoisotopic (exact) mass is 379 g/mol. The Labute approximate surface area is 162 Å². The van der Waals surface area contributed by atoms with E-state index in [-0.39, 0.29) is 11.8 Å². The summed E-state index contributed by atoms with van der Waals surface area (Å²) in [4.78, 5) is 27.8. The Bertz CT molecular complexity index is 1010. The number of nitrogens with zero attached hydrogens (tertiary/aromatic N) is 5. The first-order valence-corrected chi connectivity index (χ1v) is 9.72. The van der Waals surface area contributed by atoms with Crippen LogP contribution in [0.1, 0.15) is 58.5 Å². The lowest BCUT2D eigenvalue weighted by atomic mass is 9.94. The first-order chi connectivity index (χ1) is 13.7. The van der Waals surface area contributed by atoms with Crippen LogP contribution in [0.5, 0.6) is 0 Å². The van der Waals surface area contributed by atoms with E-state index in [4.69, 9.17) is 8.94 Å². The van der Waals surface area contributed by atoms with Gasteiger partial charge in [-0.1, -0.05) is 5.16 Å². The number of aromatic nitrogens is 4. The van der Waals surface area contributed by atoms with Gasteiger partial charge in [-0.25, -0.2) is 9.97 Å². The van der Waals surface area contributed by atoms with Crippen LogP contribution in [0, 0.1) is 6.92 Å². The summed E-state index contributed by atoms with van der Waals surface area (Å²) >= 11 is 0. The number of carbonyl (C=O) groups is 1. The largest absolute Gasteiger partial charge is 0.465 e. The molecule has 0 N–H and O–H groups in total. The maximum atomic E-state index is 13.2. The zero-order valence-corrected chi connectivity index (χ0v) is 15.7. The van der Waals surface area contributed by atoms with Gasteiger partial charge in [0.2, 0.25) is 17.5 Å². The first kappa shape index (κ1) is 17.1. The molecule has 1 aliphatic carbocycles. The van der Waals surface area contributed by atoms with Gasteiger partial charge >= 0.3 is 0 Å². The molecule has 0 aromatic carbocycles. The van der Waals surface area contributed by atoms with E-state index in [0.717, 1.165) is 54.8 Å². The maximum absolute atomic E-state index is 13.2. The summed E-state index contributed by atoms with van der Waals surface area (Å²) in [7, 11) is 0.